The Morgan fingerprint density at radius 3 is 2.82 bits per heavy atom. The van der Waals surface area contributed by atoms with Gasteiger partial charge in [0, 0.05) is 11.2 Å². The summed E-state index contributed by atoms with van der Waals surface area (Å²) >= 11 is 3.48. The van der Waals surface area contributed by atoms with Crippen LogP contribution in [0.2, 0.25) is 0 Å². The van der Waals surface area contributed by atoms with E-state index in [4.69, 9.17) is 4.74 Å². The lowest BCUT2D eigenvalue weighted by molar-refractivity contribution is -0.387. The predicted molar refractivity (Wildman–Crippen MR) is 66.6 cm³/mol. The molecule has 1 aromatic rings. The lowest BCUT2D eigenvalue weighted by atomic mass is 10.1. The van der Waals surface area contributed by atoms with Gasteiger partial charge in [0.15, 0.2) is 0 Å². The van der Waals surface area contributed by atoms with Crippen LogP contribution in [-0.2, 0) is 6.42 Å². The van der Waals surface area contributed by atoms with E-state index in [0.717, 1.165) is 12.8 Å². The van der Waals surface area contributed by atoms with Crippen molar-refractivity contribution >= 4 is 21.6 Å². The summed E-state index contributed by atoms with van der Waals surface area (Å²) in [5.41, 5.74) is 0.257. The summed E-state index contributed by atoms with van der Waals surface area (Å²) in [4.78, 5) is 18.4. The van der Waals surface area contributed by atoms with Gasteiger partial charge in [0.2, 0.25) is 0 Å². The second-order valence-corrected chi connectivity index (χ2v) is 4.82. The fourth-order valence-electron chi connectivity index (χ4n) is 1.50. The highest BCUT2D eigenvalue weighted by molar-refractivity contribution is 9.09. The van der Waals surface area contributed by atoms with Gasteiger partial charge < -0.3 is 4.74 Å². The van der Waals surface area contributed by atoms with Crippen molar-refractivity contribution in [2.24, 2.45) is 0 Å². The summed E-state index contributed by atoms with van der Waals surface area (Å²) in [6.45, 7) is 2.06. The van der Waals surface area contributed by atoms with E-state index in [2.05, 4.69) is 32.8 Å². The monoisotopic (exact) mass is 303 g/mol. The molecule has 0 aliphatic heterocycles. The first-order valence-electron chi connectivity index (χ1n) is 5.26. The van der Waals surface area contributed by atoms with Crippen LogP contribution < -0.4 is 4.74 Å². The molecule has 94 valence electrons. The van der Waals surface area contributed by atoms with Crippen molar-refractivity contribution in [2.75, 3.05) is 7.11 Å². The number of nitro groups is 1. The molecule has 1 rings (SSSR count). The predicted octanol–water partition coefficient (Wildman–Crippen LogP) is 2.50. The number of rotatable bonds is 6. The highest BCUT2D eigenvalue weighted by atomic mass is 79.9. The van der Waals surface area contributed by atoms with E-state index in [-0.39, 0.29) is 16.4 Å². The van der Waals surface area contributed by atoms with E-state index >= 15 is 0 Å². The largest absolute Gasteiger partial charge is 0.476 e. The van der Waals surface area contributed by atoms with Crippen LogP contribution in [0.3, 0.4) is 0 Å². The number of ether oxygens (including phenoxy) is 1. The zero-order valence-corrected chi connectivity index (χ0v) is 11.3. The van der Waals surface area contributed by atoms with Crippen LogP contribution in [0.25, 0.3) is 0 Å². The molecule has 0 fully saturated rings. The van der Waals surface area contributed by atoms with Crippen molar-refractivity contribution in [1.82, 2.24) is 9.97 Å². The van der Waals surface area contributed by atoms with Gasteiger partial charge in [-0.2, -0.15) is 4.98 Å². The highest BCUT2D eigenvalue weighted by Crippen LogP contribution is 2.28. The van der Waals surface area contributed by atoms with Crippen LogP contribution in [-0.4, -0.2) is 26.8 Å². The molecule has 1 atom stereocenters. The quantitative estimate of drug-likeness (QED) is 0.458. The van der Waals surface area contributed by atoms with E-state index in [9.17, 15) is 10.1 Å². The second-order valence-electron chi connectivity index (χ2n) is 3.53. The molecule has 0 amide bonds. The van der Waals surface area contributed by atoms with Gasteiger partial charge in [-0.15, -0.1) is 0 Å². The third-order valence-electron chi connectivity index (χ3n) is 2.26. The molecule has 0 saturated heterocycles. The standard InChI is InChI=1S/C10H14BrN3O3/c1-3-4-7(11)5-8-9(14(15)16)10(17-2)13-6-12-8/h6-7H,3-5H2,1-2H3. The topological polar surface area (TPSA) is 78.2 Å². The van der Waals surface area contributed by atoms with Crippen LogP contribution in [0.5, 0.6) is 5.88 Å². The Bertz CT molecular complexity index is 400. The van der Waals surface area contributed by atoms with Gasteiger partial charge in [-0.1, -0.05) is 29.3 Å². The van der Waals surface area contributed by atoms with Gasteiger partial charge in [0.05, 0.1) is 12.0 Å². The molecular weight excluding hydrogens is 290 g/mol. The summed E-state index contributed by atoms with van der Waals surface area (Å²) in [5, 5.41) is 11.0. The smallest absolute Gasteiger partial charge is 0.352 e. The molecule has 6 nitrogen and oxygen atoms in total. The fourth-order valence-corrected chi connectivity index (χ4v) is 2.27. The Hall–Kier alpha value is -1.24. The van der Waals surface area contributed by atoms with Crippen molar-refractivity contribution < 1.29 is 9.66 Å². The van der Waals surface area contributed by atoms with Crippen LogP contribution in [0.1, 0.15) is 25.5 Å². The lowest BCUT2D eigenvalue weighted by Gasteiger charge is -2.08. The molecule has 7 heteroatoms. The van der Waals surface area contributed by atoms with Gasteiger partial charge in [0.25, 0.3) is 5.88 Å². The molecule has 1 heterocycles. The minimum atomic E-state index is -0.500. The molecule has 0 saturated carbocycles. The van der Waals surface area contributed by atoms with Gasteiger partial charge in [-0.05, 0) is 6.42 Å². The van der Waals surface area contributed by atoms with Crippen LogP contribution in [0, 0.1) is 10.1 Å². The average molecular weight is 304 g/mol. The summed E-state index contributed by atoms with van der Waals surface area (Å²) < 4.78 is 4.88. The van der Waals surface area contributed by atoms with Gasteiger partial charge in [-0.3, -0.25) is 10.1 Å². The molecule has 0 aliphatic rings. The molecule has 0 aliphatic carbocycles. The number of halogens is 1. The summed E-state index contributed by atoms with van der Waals surface area (Å²) in [5.74, 6) is 0.0104. The molecule has 0 radical (unpaired) electrons. The normalized spacial score (nSPS) is 12.2. The number of methoxy groups -OCH3 is 1. The maximum atomic E-state index is 11.0. The average Bonchev–Trinajstić information content (AvgIpc) is 2.28. The van der Waals surface area contributed by atoms with Crippen LogP contribution in [0.4, 0.5) is 5.69 Å². The minimum Gasteiger partial charge on any atom is -0.476 e. The van der Waals surface area contributed by atoms with Crippen molar-refractivity contribution in [2.45, 2.75) is 31.0 Å². The summed E-state index contributed by atoms with van der Waals surface area (Å²) in [7, 11) is 1.36. The Labute approximate surface area is 108 Å². The Morgan fingerprint density at radius 1 is 1.59 bits per heavy atom. The molecule has 17 heavy (non-hydrogen) atoms. The van der Waals surface area contributed by atoms with Gasteiger partial charge in [-0.25, -0.2) is 4.98 Å². The maximum absolute atomic E-state index is 11.0. The number of aromatic nitrogens is 2. The SMILES string of the molecule is CCCC(Br)Cc1ncnc(OC)c1[N+](=O)[O-]. The van der Waals surface area contributed by atoms with E-state index < -0.39 is 4.92 Å². The Balaban J connectivity index is 3.02. The molecule has 0 spiro atoms. The van der Waals surface area contributed by atoms with E-state index in [1.54, 1.807) is 0 Å². The van der Waals surface area contributed by atoms with Crippen molar-refractivity contribution in [1.29, 1.82) is 0 Å². The van der Waals surface area contributed by atoms with Gasteiger partial charge >= 0.3 is 5.69 Å². The third-order valence-corrected chi connectivity index (χ3v) is 3.04. The minimum absolute atomic E-state index is 0.0104. The molecule has 0 N–H and O–H groups in total. The second kappa shape index (κ2) is 6.48. The third kappa shape index (κ3) is 3.62. The zero-order valence-electron chi connectivity index (χ0n) is 9.72. The molecule has 0 aromatic carbocycles. The van der Waals surface area contributed by atoms with Crippen molar-refractivity contribution in [3.63, 3.8) is 0 Å². The Kier molecular flexibility index (Phi) is 5.27. The van der Waals surface area contributed by atoms with Gasteiger partial charge in [0.1, 0.15) is 12.0 Å². The van der Waals surface area contributed by atoms with E-state index in [1.165, 1.54) is 13.4 Å². The zero-order chi connectivity index (χ0) is 12.8. The number of hydrogen-bond donors (Lipinski definition) is 0. The molecule has 1 unspecified atom stereocenters. The summed E-state index contributed by atoms with van der Waals surface area (Å²) in [6.07, 6.45) is 3.71. The summed E-state index contributed by atoms with van der Waals surface area (Å²) in [6, 6.07) is 0. The molecular formula is C10H14BrN3O3. The fraction of sp³-hybridized carbons (Fsp3) is 0.600. The first-order valence-corrected chi connectivity index (χ1v) is 6.18. The highest BCUT2D eigenvalue weighted by Gasteiger charge is 2.24. The van der Waals surface area contributed by atoms with Crippen molar-refractivity contribution in [3.8, 4) is 5.88 Å². The first-order chi connectivity index (χ1) is 8.10. The van der Waals surface area contributed by atoms with E-state index in [0.29, 0.717) is 12.1 Å². The lowest BCUT2D eigenvalue weighted by Crippen LogP contribution is -2.09. The molecule has 1 aromatic heterocycles. The van der Waals surface area contributed by atoms with E-state index in [1.807, 2.05) is 0 Å². The van der Waals surface area contributed by atoms with Crippen LogP contribution in [0.15, 0.2) is 6.33 Å². The molecule has 0 bridgehead atoms. The van der Waals surface area contributed by atoms with Crippen molar-refractivity contribution in [3.05, 3.63) is 22.1 Å². The number of nitrogens with zero attached hydrogens (tertiary/aromatic N) is 3. The van der Waals surface area contributed by atoms with Crippen LogP contribution >= 0.6 is 15.9 Å². The Morgan fingerprint density at radius 2 is 2.29 bits per heavy atom. The first kappa shape index (κ1) is 13.8. The number of hydrogen-bond acceptors (Lipinski definition) is 5. The number of alkyl halides is 1. The maximum Gasteiger partial charge on any atom is 0.352 e.